The number of alkyl halides is 3. The van der Waals surface area contributed by atoms with Crippen LogP contribution in [0.25, 0.3) is 0 Å². The van der Waals surface area contributed by atoms with E-state index in [2.05, 4.69) is 4.98 Å². The van der Waals surface area contributed by atoms with Gasteiger partial charge in [0.15, 0.2) is 0 Å². The minimum atomic E-state index is -4.76. The van der Waals surface area contributed by atoms with Crippen LogP contribution < -0.4 is 9.44 Å². The summed E-state index contributed by atoms with van der Waals surface area (Å²) < 4.78 is 85.3. The highest BCUT2D eigenvalue weighted by atomic mass is 32.2. The van der Waals surface area contributed by atoms with Gasteiger partial charge in [-0.3, -0.25) is 4.72 Å². The van der Waals surface area contributed by atoms with E-state index < -0.39 is 40.5 Å². The van der Waals surface area contributed by atoms with E-state index in [1.54, 1.807) is 0 Å². The molecule has 0 atom stereocenters. The van der Waals surface area contributed by atoms with Crippen LogP contribution >= 0.6 is 0 Å². The number of rotatable bonds is 4. The molecule has 0 aliphatic rings. The standard InChI is InChI=1S/C7H6F5N3O2S/c8-5-2-1-4(6(9)14-5)15-18(16,17)13-3-7(10,11)12/h1-2,13,15H,3H2. The lowest BCUT2D eigenvalue weighted by Crippen LogP contribution is -2.37. The van der Waals surface area contributed by atoms with Gasteiger partial charge in [0, 0.05) is 0 Å². The molecule has 0 aliphatic heterocycles. The summed E-state index contributed by atoms with van der Waals surface area (Å²) in [6.45, 7) is -1.82. The monoisotopic (exact) mass is 291 g/mol. The second kappa shape index (κ2) is 5.02. The summed E-state index contributed by atoms with van der Waals surface area (Å²) >= 11 is 0. The Morgan fingerprint density at radius 1 is 1.22 bits per heavy atom. The van der Waals surface area contributed by atoms with Gasteiger partial charge in [-0.25, -0.2) is 0 Å². The van der Waals surface area contributed by atoms with Crippen LogP contribution in [0.5, 0.6) is 0 Å². The van der Waals surface area contributed by atoms with E-state index in [4.69, 9.17) is 0 Å². The molecular formula is C7H6F5N3O2S. The molecule has 1 aromatic rings. The molecule has 0 aliphatic carbocycles. The van der Waals surface area contributed by atoms with E-state index in [9.17, 15) is 30.4 Å². The molecule has 11 heteroatoms. The highest BCUT2D eigenvalue weighted by Gasteiger charge is 2.29. The van der Waals surface area contributed by atoms with E-state index in [0.29, 0.717) is 12.1 Å². The van der Waals surface area contributed by atoms with Crippen LogP contribution in [0.1, 0.15) is 0 Å². The average molecular weight is 291 g/mol. The number of aromatic nitrogens is 1. The van der Waals surface area contributed by atoms with Crippen LogP contribution in [0, 0.1) is 11.9 Å². The molecule has 18 heavy (non-hydrogen) atoms. The SMILES string of the molecule is O=S(=O)(NCC(F)(F)F)Nc1ccc(F)nc1F. The van der Waals surface area contributed by atoms with Crippen LogP contribution in [0.3, 0.4) is 0 Å². The Morgan fingerprint density at radius 3 is 2.33 bits per heavy atom. The van der Waals surface area contributed by atoms with Crippen LogP contribution in [0.15, 0.2) is 12.1 Å². The largest absolute Gasteiger partial charge is 0.402 e. The summed E-state index contributed by atoms with van der Waals surface area (Å²) in [6.07, 6.45) is -4.76. The van der Waals surface area contributed by atoms with Crippen molar-refractivity contribution in [1.29, 1.82) is 0 Å². The van der Waals surface area contributed by atoms with Crippen molar-refractivity contribution in [3.63, 3.8) is 0 Å². The molecule has 0 spiro atoms. The summed E-state index contributed by atoms with van der Waals surface area (Å²) in [5.74, 6) is -2.69. The molecule has 1 rings (SSSR count). The first kappa shape index (κ1) is 14.6. The number of nitrogens with zero attached hydrogens (tertiary/aromatic N) is 1. The Bertz CT molecular complexity index is 530. The molecular weight excluding hydrogens is 285 g/mol. The van der Waals surface area contributed by atoms with E-state index in [1.807, 2.05) is 0 Å². The van der Waals surface area contributed by atoms with Gasteiger partial charge in [0.05, 0.1) is 0 Å². The predicted octanol–water partition coefficient (Wildman–Crippen LogP) is 1.17. The van der Waals surface area contributed by atoms with Gasteiger partial charge in [0.1, 0.15) is 12.2 Å². The number of pyridine rings is 1. The molecule has 1 aromatic heterocycles. The van der Waals surface area contributed by atoms with Gasteiger partial charge in [-0.05, 0) is 12.1 Å². The van der Waals surface area contributed by atoms with Gasteiger partial charge in [-0.1, -0.05) is 0 Å². The van der Waals surface area contributed by atoms with Gasteiger partial charge in [0.2, 0.25) is 11.9 Å². The fraction of sp³-hybridized carbons (Fsp3) is 0.286. The molecule has 5 nitrogen and oxygen atoms in total. The van der Waals surface area contributed by atoms with Crippen molar-refractivity contribution in [2.24, 2.45) is 0 Å². The third kappa shape index (κ3) is 4.79. The van der Waals surface area contributed by atoms with Crippen molar-refractivity contribution in [2.45, 2.75) is 6.18 Å². The summed E-state index contributed by atoms with van der Waals surface area (Å²) in [6, 6.07) is 1.33. The maximum atomic E-state index is 12.9. The minimum absolute atomic E-state index is 0.644. The van der Waals surface area contributed by atoms with Gasteiger partial charge < -0.3 is 0 Å². The second-order valence-electron chi connectivity index (χ2n) is 3.01. The third-order valence-corrected chi connectivity index (χ3v) is 2.53. The molecule has 0 aromatic carbocycles. The van der Waals surface area contributed by atoms with Crippen LogP contribution in [-0.4, -0.2) is 26.1 Å². The van der Waals surface area contributed by atoms with Gasteiger partial charge >= 0.3 is 6.18 Å². The quantitative estimate of drug-likeness (QED) is 0.646. The van der Waals surface area contributed by atoms with Crippen molar-refractivity contribution in [3.05, 3.63) is 24.0 Å². The first-order valence-electron chi connectivity index (χ1n) is 4.25. The molecule has 102 valence electrons. The highest BCUT2D eigenvalue weighted by Crippen LogP contribution is 2.15. The maximum absolute atomic E-state index is 12.9. The first-order valence-corrected chi connectivity index (χ1v) is 5.73. The second-order valence-corrected chi connectivity index (χ2v) is 4.51. The fourth-order valence-electron chi connectivity index (χ4n) is 0.846. The zero-order valence-corrected chi connectivity index (χ0v) is 9.24. The van der Waals surface area contributed by atoms with Crippen LogP contribution in [-0.2, 0) is 10.2 Å². The Labute approximate surface area is 98.2 Å². The van der Waals surface area contributed by atoms with E-state index in [1.165, 1.54) is 4.72 Å². The number of halogens is 5. The van der Waals surface area contributed by atoms with Crippen molar-refractivity contribution in [2.75, 3.05) is 11.3 Å². The fourth-order valence-corrected chi connectivity index (χ4v) is 1.71. The molecule has 0 amide bonds. The lowest BCUT2D eigenvalue weighted by Gasteiger charge is -2.11. The number of nitrogens with one attached hydrogen (secondary N) is 2. The topological polar surface area (TPSA) is 71.1 Å². The summed E-state index contributed by atoms with van der Waals surface area (Å²) in [5.41, 5.74) is -0.772. The number of hydrogen-bond acceptors (Lipinski definition) is 3. The van der Waals surface area contributed by atoms with Crippen molar-refractivity contribution in [3.8, 4) is 0 Å². The Balaban J connectivity index is 2.77. The van der Waals surface area contributed by atoms with Crippen LogP contribution in [0.2, 0.25) is 0 Å². The van der Waals surface area contributed by atoms with Crippen molar-refractivity contribution in [1.82, 2.24) is 9.71 Å². The summed E-state index contributed by atoms with van der Waals surface area (Å²) in [4.78, 5) is 2.66. The van der Waals surface area contributed by atoms with E-state index >= 15 is 0 Å². The lowest BCUT2D eigenvalue weighted by molar-refractivity contribution is -0.121. The van der Waals surface area contributed by atoms with Crippen molar-refractivity contribution < 1.29 is 30.4 Å². The zero-order chi connectivity index (χ0) is 14.0. The summed E-state index contributed by atoms with van der Waals surface area (Å²) in [7, 11) is -4.63. The van der Waals surface area contributed by atoms with Crippen molar-refractivity contribution >= 4 is 15.9 Å². The molecule has 0 bridgehead atoms. The normalized spacial score (nSPS) is 12.5. The Kier molecular flexibility index (Phi) is 4.06. The predicted molar refractivity (Wildman–Crippen MR) is 50.8 cm³/mol. The molecule has 0 saturated carbocycles. The smallest absolute Gasteiger partial charge is 0.266 e. The molecule has 0 radical (unpaired) electrons. The first-order chi connectivity index (χ1) is 8.09. The minimum Gasteiger partial charge on any atom is -0.266 e. The molecule has 2 N–H and O–H groups in total. The van der Waals surface area contributed by atoms with Crippen LogP contribution in [0.4, 0.5) is 27.6 Å². The zero-order valence-electron chi connectivity index (χ0n) is 8.42. The number of hydrogen-bond donors (Lipinski definition) is 2. The number of anilines is 1. The Hall–Kier alpha value is -1.49. The highest BCUT2D eigenvalue weighted by molar-refractivity contribution is 7.90. The van der Waals surface area contributed by atoms with E-state index in [-0.39, 0.29) is 0 Å². The molecule has 0 saturated heterocycles. The molecule has 0 fully saturated rings. The maximum Gasteiger partial charge on any atom is 0.402 e. The average Bonchev–Trinajstić information content (AvgIpc) is 2.19. The van der Waals surface area contributed by atoms with Gasteiger partial charge in [-0.15, -0.1) is 0 Å². The lowest BCUT2D eigenvalue weighted by atomic mass is 10.4. The Morgan fingerprint density at radius 2 is 1.83 bits per heavy atom. The summed E-state index contributed by atoms with van der Waals surface area (Å²) in [5, 5.41) is 0. The third-order valence-electron chi connectivity index (χ3n) is 1.52. The van der Waals surface area contributed by atoms with E-state index in [0.717, 1.165) is 4.72 Å². The van der Waals surface area contributed by atoms with Gasteiger partial charge in [0.25, 0.3) is 10.2 Å². The molecule has 1 heterocycles. The molecule has 0 unspecified atom stereocenters. The van der Waals surface area contributed by atoms with Gasteiger partial charge in [-0.2, -0.15) is 40.1 Å².